The normalized spacial score (nSPS) is 19.7. The molecule has 0 spiro atoms. The number of carbonyl (C=O) groups excluding carboxylic acids is 2. The maximum Gasteiger partial charge on any atom is 0.280 e. The first-order chi connectivity index (χ1) is 17.0. The summed E-state index contributed by atoms with van der Waals surface area (Å²) in [4.78, 5) is 39.1. The summed E-state index contributed by atoms with van der Waals surface area (Å²) in [7, 11) is 0. The minimum absolute atomic E-state index is 0.149. The number of carbonyl (C=O) groups is 2. The number of nitrogens with two attached hydrogens (primary N) is 1. The maximum atomic E-state index is 13.1. The number of rotatable bonds is 11. The van der Waals surface area contributed by atoms with Gasteiger partial charge in [0.05, 0.1) is 31.8 Å². The smallest absolute Gasteiger partial charge is 0.280 e. The van der Waals surface area contributed by atoms with Crippen LogP contribution in [-0.4, -0.2) is 90.4 Å². The quantitative estimate of drug-likeness (QED) is 0.283. The molecule has 1 atom stereocenters. The van der Waals surface area contributed by atoms with Crippen LogP contribution < -0.4 is 21.9 Å². The van der Waals surface area contributed by atoms with Crippen LogP contribution in [-0.2, 0) is 19.1 Å². The van der Waals surface area contributed by atoms with Gasteiger partial charge < -0.3 is 25.4 Å². The molecule has 12 heteroatoms. The lowest BCUT2D eigenvalue weighted by Gasteiger charge is -2.29. The maximum absolute atomic E-state index is 13.1. The fourth-order valence-corrected chi connectivity index (χ4v) is 4.32. The van der Waals surface area contributed by atoms with Crippen molar-refractivity contribution in [3.8, 4) is 0 Å². The number of hydrogen-bond acceptors (Lipinski definition) is 10. The summed E-state index contributed by atoms with van der Waals surface area (Å²) in [5, 5.41) is 13.8. The summed E-state index contributed by atoms with van der Waals surface area (Å²) >= 11 is 0. The number of piperidine rings is 2. The average molecular weight is 488 g/mol. The molecule has 2 amide bonds. The predicted octanol–water partition coefficient (Wildman–Crippen LogP) is -0.363. The zero-order chi connectivity index (χ0) is 24.6. The Bertz CT molecular complexity index is 1080. The highest BCUT2D eigenvalue weighted by Crippen LogP contribution is 2.20. The molecule has 1 unspecified atom stereocenters. The Labute approximate surface area is 203 Å². The number of nitrogens with zero attached hydrogens (tertiary/aromatic N) is 4. The number of nitrogens with one attached hydrogen (secondary N) is 2. The molecule has 0 aliphatic carbocycles. The van der Waals surface area contributed by atoms with Crippen LogP contribution >= 0.6 is 0 Å². The van der Waals surface area contributed by atoms with Crippen LogP contribution in [0, 0.1) is 0 Å². The van der Waals surface area contributed by atoms with Crippen molar-refractivity contribution in [2.45, 2.75) is 37.8 Å². The number of imide groups is 1. The van der Waals surface area contributed by atoms with Gasteiger partial charge in [-0.05, 0) is 44.5 Å². The van der Waals surface area contributed by atoms with E-state index in [0.717, 1.165) is 37.2 Å². The van der Waals surface area contributed by atoms with E-state index in [0.29, 0.717) is 55.6 Å². The fraction of sp³-hybridized carbons (Fsp3) is 0.609. The topological polar surface area (TPSA) is 154 Å². The molecule has 0 bridgehead atoms. The SMILES string of the molecule is NC1CCN(CCOCCOCCNc2cccc3nnn(C4CCC(=O)NC4=O)c(=O)c23)CC1. The predicted molar refractivity (Wildman–Crippen MR) is 129 cm³/mol. The molecular weight excluding hydrogens is 454 g/mol. The highest BCUT2D eigenvalue weighted by Gasteiger charge is 2.30. The third kappa shape index (κ3) is 6.60. The number of benzene rings is 1. The van der Waals surface area contributed by atoms with Crippen LogP contribution in [0.4, 0.5) is 5.69 Å². The third-order valence-corrected chi connectivity index (χ3v) is 6.34. The van der Waals surface area contributed by atoms with Gasteiger partial charge in [0.15, 0.2) is 0 Å². The number of fused-ring (bicyclic) bond motifs is 1. The van der Waals surface area contributed by atoms with Crippen molar-refractivity contribution in [2.24, 2.45) is 5.73 Å². The van der Waals surface area contributed by atoms with Crippen molar-refractivity contribution < 1.29 is 19.1 Å². The standard InChI is InChI=1S/C23H33N7O5/c24-16-6-9-29(10-7-16)11-13-35-15-14-34-12-8-25-17-2-1-3-18-21(17)23(33)30(28-27-18)19-4-5-20(31)26-22(19)32/h1-3,16,19,25H,4-15,24H2,(H,26,31,32). The Morgan fingerprint density at radius 1 is 1.06 bits per heavy atom. The van der Waals surface area contributed by atoms with Gasteiger partial charge in [-0.15, -0.1) is 5.10 Å². The molecule has 3 heterocycles. The Morgan fingerprint density at radius 3 is 2.60 bits per heavy atom. The van der Waals surface area contributed by atoms with Crippen LogP contribution in [0.5, 0.6) is 0 Å². The molecular formula is C23H33N7O5. The van der Waals surface area contributed by atoms with Crippen molar-refractivity contribution >= 4 is 28.4 Å². The van der Waals surface area contributed by atoms with Gasteiger partial charge in [0.25, 0.3) is 11.5 Å². The molecule has 2 aliphatic rings. The minimum Gasteiger partial charge on any atom is -0.382 e. The van der Waals surface area contributed by atoms with E-state index in [1.165, 1.54) is 0 Å². The van der Waals surface area contributed by atoms with E-state index in [1.807, 2.05) is 0 Å². The second kappa shape index (κ2) is 12.2. The van der Waals surface area contributed by atoms with E-state index in [2.05, 4.69) is 25.8 Å². The van der Waals surface area contributed by atoms with Crippen LogP contribution in [0.2, 0.25) is 0 Å². The van der Waals surface area contributed by atoms with Crippen molar-refractivity contribution in [1.82, 2.24) is 25.2 Å². The van der Waals surface area contributed by atoms with E-state index < -0.39 is 17.5 Å². The van der Waals surface area contributed by atoms with Crippen LogP contribution in [0.15, 0.2) is 23.0 Å². The van der Waals surface area contributed by atoms with Crippen molar-refractivity contribution in [2.75, 3.05) is 57.9 Å². The average Bonchev–Trinajstić information content (AvgIpc) is 2.85. The van der Waals surface area contributed by atoms with Gasteiger partial charge in [0.2, 0.25) is 5.91 Å². The Balaban J connectivity index is 1.22. The first-order valence-corrected chi connectivity index (χ1v) is 12.1. The van der Waals surface area contributed by atoms with Crippen LogP contribution in [0.25, 0.3) is 10.9 Å². The number of ether oxygens (including phenoxy) is 2. The van der Waals surface area contributed by atoms with Gasteiger partial charge in [0, 0.05) is 31.2 Å². The summed E-state index contributed by atoms with van der Waals surface area (Å²) in [6.07, 6.45) is 2.45. The molecule has 1 aromatic heterocycles. The van der Waals surface area contributed by atoms with Gasteiger partial charge >= 0.3 is 0 Å². The molecule has 0 saturated carbocycles. The number of amides is 2. The van der Waals surface area contributed by atoms with E-state index in [4.69, 9.17) is 15.2 Å². The molecule has 35 heavy (non-hydrogen) atoms. The van der Waals surface area contributed by atoms with Crippen LogP contribution in [0.1, 0.15) is 31.7 Å². The number of aromatic nitrogens is 3. The van der Waals surface area contributed by atoms with E-state index in [-0.39, 0.29) is 18.7 Å². The van der Waals surface area contributed by atoms with Gasteiger partial charge in [0.1, 0.15) is 11.6 Å². The lowest BCUT2D eigenvalue weighted by Crippen LogP contribution is -2.45. The summed E-state index contributed by atoms with van der Waals surface area (Å²) in [5.41, 5.74) is 6.50. The monoisotopic (exact) mass is 487 g/mol. The molecule has 2 saturated heterocycles. The Hall–Kier alpha value is -2.93. The molecule has 4 N–H and O–H groups in total. The highest BCUT2D eigenvalue weighted by molar-refractivity contribution is 5.99. The Kier molecular flexibility index (Phi) is 8.74. The first-order valence-electron chi connectivity index (χ1n) is 12.1. The molecule has 2 aromatic rings. The zero-order valence-corrected chi connectivity index (χ0v) is 19.8. The second-order valence-electron chi connectivity index (χ2n) is 8.84. The van der Waals surface area contributed by atoms with E-state index in [9.17, 15) is 14.4 Å². The van der Waals surface area contributed by atoms with Gasteiger partial charge in [-0.2, -0.15) is 4.68 Å². The summed E-state index contributed by atoms with van der Waals surface area (Å²) in [5.74, 6) is -0.897. The van der Waals surface area contributed by atoms with Crippen molar-refractivity contribution in [3.05, 3.63) is 28.6 Å². The van der Waals surface area contributed by atoms with Gasteiger partial charge in [-0.25, -0.2) is 0 Å². The minimum atomic E-state index is -0.860. The van der Waals surface area contributed by atoms with Gasteiger partial charge in [-0.3, -0.25) is 19.7 Å². The molecule has 4 rings (SSSR count). The Morgan fingerprint density at radius 2 is 1.83 bits per heavy atom. The van der Waals surface area contributed by atoms with Gasteiger partial charge in [-0.1, -0.05) is 11.3 Å². The molecule has 190 valence electrons. The number of hydrogen-bond donors (Lipinski definition) is 3. The number of likely N-dealkylation sites (tertiary alicyclic amines) is 1. The van der Waals surface area contributed by atoms with Crippen LogP contribution in [0.3, 0.4) is 0 Å². The second-order valence-corrected chi connectivity index (χ2v) is 8.84. The largest absolute Gasteiger partial charge is 0.382 e. The lowest BCUT2D eigenvalue weighted by atomic mass is 10.1. The summed E-state index contributed by atoms with van der Waals surface area (Å²) in [6.45, 7) is 5.57. The summed E-state index contributed by atoms with van der Waals surface area (Å²) < 4.78 is 12.3. The number of anilines is 1. The lowest BCUT2D eigenvalue weighted by molar-refractivity contribution is -0.136. The first kappa shape index (κ1) is 25.2. The third-order valence-electron chi connectivity index (χ3n) is 6.34. The summed E-state index contributed by atoms with van der Waals surface area (Å²) in [6, 6.07) is 4.72. The zero-order valence-electron chi connectivity index (χ0n) is 19.8. The van der Waals surface area contributed by atoms with E-state index >= 15 is 0 Å². The molecule has 1 aromatic carbocycles. The van der Waals surface area contributed by atoms with E-state index in [1.54, 1.807) is 18.2 Å². The molecule has 2 fully saturated rings. The molecule has 0 radical (unpaired) electrons. The molecule has 12 nitrogen and oxygen atoms in total. The van der Waals surface area contributed by atoms with Crippen molar-refractivity contribution in [3.63, 3.8) is 0 Å². The fourth-order valence-electron chi connectivity index (χ4n) is 4.32. The molecule has 2 aliphatic heterocycles. The highest BCUT2D eigenvalue weighted by atomic mass is 16.5. The van der Waals surface area contributed by atoms with Crippen molar-refractivity contribution in [1.29, 1.82) is 0 Å².